The summed E-state index contributed by atoms with van der Waals surface area (Å²) in [5.74, 6) is 0. The van der Waals surface area contributed by atoms with E-state index in [9.17, 15) is 0 Å². The van der Waals surface area contributed by atoms with Crippen LogP contribution < -0.4 is 4.90 Å². The van der Waals surface area contributed by atoms with Crippen LogP contribution >= 0.6 is 0 Å². The second-order valence-corrected chi connectivity index (χ2v) is 5.39. The van der Waals surface area contributed by atoms with E-state index in [1.165, 1.54) is 56.7 Å². The van der Waals surface area contributed by atoms with Crippen molar-refractivity contribution in [1.82, 2.24) is 4.90 Å². The first-order valence-corrected chi connectivity index (χ1v) is 6.89. The van der Waals surface area contributed by atoms with Crippen LogP contribution in [0, 0.1) is 6.92 Å². The lowest BCUT2D eigenvalue weighted by Crippen LogP contribution is -2.52. The highest BCUT2D eigenvalue weighted by atomic mass is 15.3. The Kier molecular flexibility index (Phi) is 3.06. The van der Waals surface area contributed by atoms with Crippen LogP contribution in [0.2, 0.25) is 0 Å². The summed E-state index contributed by atoms with van der Waals surface area (Å²) in [5.41, 5.74) is 2.84. The van der Waals surface area contributed by atoms with Crippen molar-refractivity contribution in [1.29, 1.82) is 0 Å². The van der Waals surface area contributed by atoms with Gasteiger partial charge in [-0.25, -0.2) is 0 Å². The maximum atomic E-state index is 2.69. The van der Waals surface area contributed by atoms with Crippen LogP contribution in [0.25, 0.3) is 0 Å². The predicted molar refractivity (Wildman–Crippen MR) is 72.6 cm³/mol. The summed E-state index contributed by atoms with van der Waals surface area (Å²) in [6.07, 6.45) is 4.32. The summed E-state index contributed by atoms with van der Waals surface area (Å²) in [5, 5.41) is 0. The predicted octanol–water partition coefficient (Wildman–Crippen LogP) is 2.67. The van der Waals surface area contributed by atoms with Gasteiger partial charge in [0, 0.05) is 37.9 Å². The fourth-order valence-corrected chi connectivity index (χ4v) is 3.00. The second-order valence-electron chi connectivity index (χ2n) is 5.39. The first-order chi connectivity index (χ1) is 8.34. The topological polar surface area (TPSA) is 6.48 Å². The van der Waals surface area contributed by atoms with Crippen molar-refractivity contribution in [2.75, 3.05) is 31.1 Å². The van der Waals surface area contributed by atoms with E-state index >= 15 is 0 Å². The molecular formula is C15H22N2. The molecule has 1 saturated heterocycles. The number of hydrogen-bond donors (Lipinski definition) is 0. The minimum Gasteiger partial charge on any atom is -0.369 e. The maximum absolute atomic E-state index is 2.69. The first kappa shape index (κ1) is 11.1. The van der Waals surface area contributed by atoms with Crippen LogP contribution in [-0.2, 0) is 0 Å². The van der Waals surface area contributed by atoms with Gasteiger partial charge in [0.25, 0.3) is 0 Å². The highest BCUT2D eigenvalue weighted by Gasteiger charge is 2.27. The summed E-state index contributed by atoms with van der Waals surface area (Å²) in [7, 11) is 0. The van der Waals surface area contributed by atoms with E-state index in [0.717, 1.165) is 6.04 Å². The summed E-state index contributed by atoms with van der Waals surface area (Å²) >= 11 is 0. The lowest BCUT2D eigenvalue weighted by molar-refractivity contribution is 0.120. The normalized spacial score (nSPS) is 22.5. The Bertz CT molecular complexity index is 376. The third-order valence-electron chi connectivity index (χ3n) is 4.36. The van der Waals surface area contributed by atoms with Gasteiger partial charge in [-0.05, 0) is 31.4 Å². The van der Waals surface area contributed by atoms with Crippen molar-refractivity contribution in [2.24, 2.45) is 0 Å². The van der Waals surface area contributed by atoms with Crippen LogP contribution in [0.3, 0.4) is 0 Å². The number of hydrogen-bond acceptors (Lipinski definition) is 2. The number of aryl methyl sites for hydroxylation is 1. The van der Waals surface area contributed by atoms with E-state index < -0.39 is 0 Å². The molecule has 0 unspecified atom stereocenters. The Labute approximate surface area is 104 Å². The highest BCUT2D eigenvalue weighted by Crippen LogP contribution is 2.27. The van der Waals surface area contributed by atoms with Gasteiger partial charge in [0.05, 0.1) is 0 Å². The third-order valence-corrected chi connectivity index (χ3v) is 4.36. The van der Waals surface area contributed by atoms with Crippen molar-refractivity contribution in [3.63, 3.8) is 0 Å². The summed E-state index contributed by atoms with van der Waals surface area (Å²) in [6, 6.07) is 9.67. The SMILES string of the molecule is Cc1ccccc1N1CCN(C2CCC2)CC1. The van der Waals surface area contributed by atoms with E-state index in [4.69, 9.17) is 0 Å². The van der Waals surface area contributed by atoms with Gasteiger partial charge in [0.15, 0.2) is 0 Å². The Hall–Kier alpha value is -1.02. The monoisotopic (exact) mass is 230 g/mol. The lowest BCUT2D eigenvalue weighted by atomic mass is 9.91. The quantitative estimate of drug-likeness (QED) is 0.770. The molecule has 2 nitrogen and oxygen atoms in total. The van der Waals surface area contributed by atoms with Gasteiger partial charge in [-0.1, -0.05) is 24.6 Å². The molecule has 2 fully saturated rings. The molecule has 0 bridgehead atoms. The number of benzene rings is 1. The minimum atomic E-state index is 0.911. The van der Waals surface area contributed by atoms with Gasteiger partial charge in [-0.2, -0.15) is 0 Å². The Morgan fingerprint density at radius 3 is 2.29 bits per heavy atom. The van der Waals surface area contributed by atoms with Crippen molar-refractivity contribution >= 4 is 5.69 Å². The summed E-state index contributed by atoms with van der Waals surface area (Å²) < 4.78 is 0. The number of piperazine rings is 1. The summed E-state index contributed by atoms with van der Waals surface area (Å²) in [6.45, 7) is 7.11. The molecule has 0 atom stereocenters. The second kappa shape index (κ2) is 4.69. The van der Waals surface area contributed by atoms with Crippen LogP contribution in [0.4, 0.5) is 5.69 Å². The van der Waals surface area contributed by atoms with E-state index in [-0.39, 0.29) is 0 Å². The van der Waals surface area contributed by atoms with Gasteiger partial charge in [-0.3, -0.25) is 4.90 Å². The molecule has 0 N–H and O–H groups in total. The van der Waals surface area contributed by atoms with E-state index in [0.29, 0.717) is 0 Å². The molecule has 2 heteroatoms. The molecule has 0 spiro atoms. The average Bonchev–Trinajstić information content (AvgIpc) is 2.29. The number of para-hydroxylation sites is 1. The number of anilines is 1. The van der Waals surface area contributed by atoms with Crippen molar-refractivity contribution in [3.8, 4) is 0 Å². The first-order valence-electron chi connectivity index (χ1n) is 6.89. The fourth-order valence-electron chi connectivity index (χ4n) is 3.00. The Balaban J connectivity index is 1.63. The molecule has 17 heavy (non-hydrogen) atoms. The van der Waals surface area contributed by atoms with Gasteiger partial charge in [0.2, 0.25) is 0 Å². The smallest absolute Gasteiger partial charge is 0.0396 e. The molecule has 0 amide bonds. The molecule has 1 aliphatic heterocycles. The minimum absolute atomic E-state index is 0.911. The average molecular weight is 230 g/mol. The van der Waals surface area contributed by atoms with Gasteiger partial charge in [-0.15, -0.1) is 0 Å². The number of nitrogens with zero attached hydrogens (tertiary/aromatic N) is 2. The van der Waals surface area contributed by atoms with Crippen molar-refractivity contribution in [2.45, 2.75) is 32.2 Å². The van der Waals surface area contributed by atoms with Crippen molar-refractivity contribution < 1.29 is 0 Å². The molecule has 1 heterocycles. The zero-order valence-electron chi connectivity index (χ0n) is 10.7. The molecule has 1 saturated carbocycles. The van der Waals surface area contributed by atoms with Crippen molar-refractivity contribution in [3.05, 3.63) is 29.8 Å². The fraction of sp³-hybridized carbons (Fsp3) is 0.600. The molecule has 1 aromatic rings. The standard InChI is InChI=1S/C15H22N2/c1-13-5-2-3-8-15(13)17-11-9-16(10-12-17)14-6-4-7-14/h2-3,5,8,14H,4,6-7,9-12H2,1H3. The lowest BCUT2D eigenvalue weighted by Gasteiger charge is -2.43. The molecule has 0 aromatic heterocycles. The largest absolute Gasteiger partial charge is 0.369 e. The van der Waals surface area contributed by atoms with Gasteiger partial charge < -0.3 is 4.90 Å². The number of rotatable bonds is 2. The van der Waals surface area contributed by atoms with Crippen LogP contribution in [0.5, 0.6) is 0 Å². The zero-order valence-corrected chi connectivity index (χ0v) is 10.7. The zero-order chi connectivity index (χ0) is 11.7. The highest BCUT2D eigenvalue weighted by molar-refractivity contribution is 5.53. The Morgan fingerprint density at radius 2 is 1.71 bits per heavy atom. The third kappa shape index (κ3) is 2.19. The van der Waals surface area contributed by atoms with Gasteiger partial charge in [0.1, 0.15) is 0 Å². The molecule has 1 aliphatic carbocycles. The molecular weight excluding hydrogens is 208 g/mol. The molecule has 1 aromatic carbocycles. The Morgan fingerprint density at radius 1 is 1.00 bits per heavy atom. The summed E-state index contributed by atoms with van der Waals surface area (Å²) in [4.78, 5) is 5.24. The molecule has 92 valence electrons. The molecule has 3 rings (SSSR count). The van der Waals surface area contributed by atoms with Gasteiger partial charge >= 0.3 is 0 Å². The van der Waals surface area contributed by atoms with E-state index in [1.54, 1.807) is 0 Å². The van der Waals surface area contributed by atoms with Crippen LogP contribution in [-0.4, -0.2) is 37.1 Å². The van der Waals surface area contributed by atoms with Crippen LogP contribution in [0.15, 0.2) is 24.3 Å². The van der Waals surface area contributed by atoms with E-state index in [2.05, 4.69) is 41.0 Å². The van der Waals surface area contributed by atoms with E-state index in [1.807, 2.05) is 0 Å². The molecule has 0 radical (unpaired) electrons. The maximum Gasteiger partial charge on any atom is 0.0396 e. The van der Waals surface area contributed by atoms with Crippen LogP contribution in [0.1, 0.15) is 24.8 Å². The molecule has 2 aliphatic rings.